The second kappa shape index (κ2) is 7.91. The van der Waals surface area contributed by atoms with Crippen molar-refractivity contribution in [3.8, 4) is 22.6 Å². The summed E-state index contributed by atoms with van der Waals surface area (Å²) in [5, 5.41) is 4.65. The molecule has 0 radical (unpaired) electrons. The summed E-state index contributed by atoms with van der Waals surface area (Å²) < 4.78 is 16.0. The average Bonchev–Trinajstić information content (AvgIpc) is 3.46. The Labute approximate surface area is 177 Å². The van der Waals surface area contributed by atoms with Crippen LogP contribution in [0.1, 0.15) is 11.3 Å². The lowest BCUT2D eigenvalue weighted by Crippen LogP contribution is -2.11. The van der Waals surface area contributed by atoms with Gasteiger partial charge in [-0.15, -0.1) is 0 Å². The number of hydrogen-bond donors (Lipinski definition) is 1. The number of hydrogen-bond acceptors (Lipinski definition) is 6. The molecule has 1 aliphatic heterocycles. The van der Waals surface area contributed by atoms with Crippen molar-refractivity contribution in [2.24, 2.45) is 4.99 Å². The molecule has 0 fully saturated rings. The van der Waals surface area contributed by atoms with E-state index in [0.717, 1.165) is 17.0 Å². The third-order valence-electron chi connectivity index (χ3n) is 4.98. The Balaban J connectivity index is 1.55. The first kappa shape index (κ1) is 18.8. The minimum atomic E-state index is -0.282. The molecule has 0 spiro atoms. The average molecular weight is 411 g/mol. The van der Waals surface area contributed by atoms with Gasteiger partial charge in [0.05, 0.1) is 24.5 Å². The summed E-state index contributed by atoms with van der Waals surface area (Å²) in [6.07, 6.45) is 8.96. The molecule has 5 rings (SSSR count). The number of halogens is 1. The van der Waals surface area contributed by atoms with Crippen molar-refractivity contribution in [3.63, 3.8) is 0 Å². The van der Waals surface area contributed by atoms with E-state index in [-0.39, 0.29) is 12.4 Å². The molecular weight excluding hydrogens is 393 g/mol. The minimum Gasteiger partial charge on any atom is -0.383 e. The van der Waals surface area contributed by atoms with Crippen LogP contribution in [-0.2, 0) is 6.54 Å². The minimum absolute atomic E-state index is 0.262. The molecule has 0 unspecified atom stereocenters. The van der Waals surface area contributed by atoms with Gasteiger partial charge in [0.15, 0.2) is 5.82 Å². The van der Waals surface area contributed by atoms with Crippen LogP contribution in [0.2, 0.25) is 0 Å². The lowest BCUT2D eigenvalue weighted by molar-refractivity contribution is 0.584. The van der Waals surface area contributed by atoms with Gasteiger partial charge in [0.2, 0.25) is 0 Å². The van der Waals surface area contributed by atoms with Gasteiger partial charge in [0, 0.05) is 35.3 Å². The molecule has 7 nitrogen and oxygen atoms in total. The predicted molar refractivity (Wildman–Crippen MR) is 117 cm³/mol. The van der Waals surface area contributed by atoms with Gasteiger partial charge in [-0.2, -0.15) is 5.10 Å². The van der Waals surface area contributed by atoms with Crippen LogP contribution in [0.15, 0.2) is 78.2 Å². The monoisotopic (exact) mass is 411 g/mol. The zero-order valence-electron chi connectivity index (χ0n) is 16.5. The number of nitrogens with two attached hydrogens (primary N) is 1. The lowest BCUT2D eigenvalue weighted by Gasteiger charge is -2.07. The Morgan fingerprint density at radius 3 is 2.74 bits per heavy atom. The van der Waals surface area contributed by atoms with Crippen LogP contribution in [0.3, 0.4) is 0 Å². The molecule has 0 aliphatic carbocycles. The summed E-state index contributed by atoms with van der Waals surface area (Å²) in [6.45, 7) is 0.872. The van der Waals surface area contributed by atoms with Crippen molar-refractivity contribution in [1.82, 2.24) is 24.7 Å². The quantitative estimate of drug-likeness (QED) is 0.542. The number of anilines is 1. The van der Waals surface area contributed by atoms with Gasteiger partial charge in [-0.1, -0.05) is 30.3 Å². The number of aliphatic imine (C=N–C) groups is 1. The number of nitrogens with zero attached hydrogens (tertiary/aromatic N) is 6. The fourth-order valence-electron chi connectivity index (χ4n) is 3.44. The molecule has 1 aliphatic rings. The molecule has 2 N–H and O–H groups in total. The summed E-state index contributed by atoms with van der Waals surface area (Å²) >= 11 is 0. The Morgan fingerprint density at radius 1 is 1.10 bits per heavy atom. The number of benzene rings is 1. The first-order chi connectivity index (χ1) is 15.2. The highest BCUT2D eigenvalue weighted by Gasteiger charge is 2.18. The van der Waals surface area contributed by atoms with Crippen LogP contribution < -0.4 is 5.73 Å². The standard InChI is InChI=1S/C23H18FN7/c24-18-7-2-1-5-16(18)14-31-21(19-8-4-10-27-19)11-20(30-31)23-28-13-17(22(25)29-23)15-6-3-9-26-12-15/h1-9,11-13H,10,14H2,(H2,25,28,29). The fourth-order valence-corrected chi connectivity index (χ4v) is 3.44. The first-order valence-electron chi connectivity index (χ1n) is 9.75. The van der Waals surface area contributed by atoms with Crippen molar-refractivity contribution in [2.45, 2.75) is 6.54 Å². The summed E-state index contributed by atoms with van der Waals surface area (Å²) in [5.41, 5.74) is 10.4. The maximum atomic E-state index is 14.2. The van der Waals surface area contributed by atoms with Crippen LogP contribution in [0.4, 0.5) is 10.2 Å². The van der Waals surface area contributed by atoms with Gasteiger partial charge >= 0.3 is 0 Å². The van der Waals surface area contributed by atoms with E-state index in [1.54, 1.807) is 41.5 Å². The van der Waals surface area contributed by atoms with Crippen molar-refractivity contribution in [2.75, 3.05) is 12.3 Å². The number of pyridine rings is 1. The molecule has 31 heavy (non-hydrogen) atoms. The van der Waals surface area contributed by atoms with Crippen molar-refractivity contribution >= 4 is 11.5 Å². The maximum Gasteiger partial charge on any atom is 0.182 e. The Morgan fingerprint density at radius 2 is 2.00 bits per heavy atom. The Bertz CT molecular complexity index is 1310. The highest BCUT2D eigenvalue weighted by Crippen LogP contribution is 2.26. The topological polar surface area (TPSA) is 94.9 Å². The fraction of sp³-hybridized carbons (Fsp3) is 0.0870. The van der Waals surface area contributed by atoms with Gasteiger partial charge in [0.1, 0.15) is 17.3 Å². The summed E-state index contributed by atoms with van der Waals surface area (Å²) in [6, 6.07) is 12.2. The van der Waals surface area contributed by atoms with Crippen LogP contribution in [0.25, 0.3) is 22.6 Å². The molecule has 8 heteroatoms. The van der Waals surface area contributed by atoms with Gasteiger partial charge in [-0.25, -0.2) is 14.4 Å². The van der Waals surface area contributed by atoms with Gasteiger partial charge in [-0.3, -0.25) is 14.7 Å². The SMILES string of the molecule is Nc1nc(-c2cc(C3=NCC=C3)n(Cc3ccccc3F)n2)ncc1-c1cccnc1. The molecule has 4 heterocycles. The second-order valence-electron chi connectivity index (χ2n) is 7.03. The van der Waals surface area contributed by atoms with Gasteiger partial charge < -0.3 is 5.73 Å². The van der Waals surface area contributed by atoms with E-state index >= 15 is 0 Å². The molecule has 0 saturated heterocycles. The summed E-state index contributed by atoms with van der Waals surface area (Å²) in [7, 11) is 0. The van der Waals surface area contributed by atoms with Crippen molar-refractivity contribution < 1.29 is 4.39 Å². The Kier molecular flexibility index (Phi) is 4.80. The van der Waals surface area contributed by atoms with E-state index in [1.165, 1.54) is 6.07 Å². The zero-order valence-corrected chi connectivity index (χ0v) is 16.5. The van der Waals surface area contributed by atoms with Crippen molar-refractivity contribution in [1.29, 1.82) is 0 Å². The number of aromatic nitrogens is 5. The highest BCUT2D eigenvalue weighted by molar-refractivity contribution is 6.09. The third kappa shape index (κ3) is 3.71. The maximum absolute atomic E-state index is 14.2. The smallest absolute Gasteiger partial charge is 0.182 e. The molecule has 0 bridgehead atoms. The molecule has 3 aromatic heterocycles. The van der Waals surface area contributed by atoms with Crippen LogP contribution in [0, 0.1) is 5.82 Å². The van der Waals surface area contributed by atoms with Crippen molar-refractivity contribution in [3.05, 3.63) is 90.3 Å². The van der Waals surface area contributed by atoms with Gasteiger partial charge in [0.25, 0.3) is 0 Å². The number of allylic oxidation sites excluding steroid dienone is 1. The molecule has 0 atom stereocenters. The number of nitrogen functional groups attached to an aromatic ring is 1. The molecule has 4 aromatic rings. The molecule has 0 amide bonds. The first-order valence-corrected chi connectivity index (χ1v) is 9.75. The van der Waals surface area contributed by atoms with E-state index in [0.29, 0.717) is 35.0 Å². The lowest BCUT2D eigenvalue weighted by atomic mass is 10.1. The third-order valence-corrected chi connectivity index (χ3v) is 4.98. The summed E-state index contributed by atoms with van der Waals surface area (Å²) in [5.74, 6) is 0.443. The van der Waals surface area contributed by atoms with E-state index in [2.05, 4.69) is 25.0 Å². The van der Waals surface area contributed by atoms with Crippen LogP contribution in [0.5, 0.6) is 0 Å². The Hall–Kier alpha value is -4.20. The molecule has 1 aromatic carbocycles. The summed E-state index contributed by atoms with van der Waals surface area (Å²) in [4.78, 5) is 17.5. The molecule has 0 saturated carbocycles. The van der Waals surface area contributed by atoms with Gasteiger partial charge in [-0.05, 0) is 24.3 Å². The van der Waals surface area contributed by atoms with E-state index < -0.39 is 0 Å². The highest BCUT2D eigenvalue weighted by atomic mass is 19.1. The largest absolute Gasteiger partial charge is 0.383 e. The molecule has 152 valence electrons. The van der Waals surface area contributed by atoms with E-state index in [1.807, 2.05) is 30.4 Å². The normalized spacial score (nSPS) is 12.9. The van der Waals surface area contributed by atoms with E-state index in [9.17, 15) is 4.39 Å². The predicted octanol–water partition coefficient (Wildman–Crippen LogP) is 3.53. The van der Waals surface area contributed by atoms with Crippen LogP contribution >= 0.6 is 0 Å². The van der Waals surface area contributed by atoms with Crippen LogP contribution in [-0.4, -0.2) is 37.0 Å². The van der Waals surface area contributed by atoms with E-state index in [4.69, 9.17) is 5.73 Å². The molecular formula is C23H18FN7. The second-order valence-corrected chi connectivity index (χ2v) is 7.03. The zero-order chi connectivity index (χ0) is 21.2. The number of rotatable bonds is 5.